The number of nitrogens with zero attached hydrogens (tertiary/aromatic N) is 2. The minimum atomic E-state index is -4.34. The summed E-state index contributed by atoms with van der Waals surface area (Å²) in [6.45, 7) is 2.86. The zero-order valence-electron chi connectivity index (χ0n) is 16.2. The number of ether oxygens (including phenoxy) is 2. The summed E-state index contributed by atoms with van der Waals surface area (Å²) in [5.41, 5.74) is 1.42. The summed E-state index contributed by atoms with van der Waals surface area (Å²) in [5, 5.41) is 0.435. The van der Waals surface area contributed by atoms with Crippen molar-refractivity contribution in [2.75, 3.05) is 13.8 Å². The van der Waals surface area contributed by atoms with Crippen molar-refractivity contribution < 1.29 is 27.1 Å². The lowest BCUT2D eigenvalue weighted by Gasteiger charge is -2.16. The molecule has 0 aliphatic carbocycles. The quantitative estimate of drug-likeness (QED) is 0.512. The van der Waals surface area contributed by atoms with Crippen molar-refractivity contribution in [2.24, 2.45) is 0 Å². The van der Waals surface area contributed by atoms with Gasteiger partial charge in [-0.2, -0.15) is 13.2 Å². The summed E-state index contributed by atoms with van der Waals surface area (Å²) in [6.07, 6.45) is -4.34. The van der Waals surface area contributed by atoms with E-state index in [1.54, 1.807) is 19.1 Å². The zero-order valence-corrected chi connectivity index (χ0v) is 17.0. The van der Waals surface area contributed by atoms with Crippen LogP contribution >= 0.6 is 11.6 Å². The summed E-state index contributed by atoms with van der Waals surface area (Å²) < 4.78 is 54.6. The molecule has 9 heteroatoms. The van der Waals surface area contributed by atoms with Crippen molar-refractivity contribution in [1.82, 2.24) is 9.88 Å². The third-order valence-electron chi connectivity index (χ3n) is 4.74. The van der Waals surface area contributed by atoms with Crippen LogP contribution in [0.4, 0.5) is 13.2 Å². The first-order chi connectivity index (χ1) is 14.2. The molecule has 0 saturated heterocycles. The summed E-state index contributed by atoms with van der Waals surface area (Å²) in [7, 11) is 1.86. The van der Waals surface area contributed by atoms with Crippen LogP contribution < -0.4 is 9.47 Å². The van der Waals surface area contributed by atoms with Gasteiger partial charge in [0.25, 0.3) is 0 Å². The van der Waals surface area contributed by atoms with E-state index in [2.05, 4.69) is 4.98 Å². The topological polar surface area (TPSA) is 47.7 Å². The second-order valence-electron chi connectivity index (χ2n) is 7.07. The van der Waals surface area contributed by atoms with Crippen LogP contribution in [0.3, 0.4) is 0 Å². The number of hydrogen-bond acceptors (Lipinski definition) is 5. The van der Waals surface area contributed by atoms with Crippen molar-refractivity contribution >= 4 is 11.6 Å². The van der Waals surface area contributed by atoms with Crippen LogP contribution in [0.2, 0.25) is 5.02 Å². The Bertz CT molecular complexity index is 1060. The fraction of sp³-hybridized carbons (Fsp3) is 0.286. The molecule has 5 nitrogen and oxygen atoms in total. The van der Waals surface area contributed by atoms with Crippen molar-refractivity contribution in [3.63, 3.8) is 0 Å². The number of rotatable bonds is 5. The van der Waals surface area contributed by atoms with Gasteiger partial charge in [-0.3, -0.25) is 4.90 Å². The first kappa shape index (κ1) is 20.6. The highest BCUT2D eigenvalue weighted by molar-refractivity contribution is 6.33. The van der Waals surface area contributed by atoms with Crippen molar-refractivity contribution in [3.8, 4) is 23.0 Å². The van der Waals surface area contributed by atoms with Crippen LogP contribution in [0, 0.1) is 6.92 Å². The van der Waals surface area contributed by atoms with Crippen LogP contribution in [0.5, 0.6) is 11.5 Å². The minimum Gasteiger partial charge on any atom is -0.454 e. The van der Waals surface area contributed by atoms with Crippen molar-refractivity contribution in [3.05, 3.63) is 64.0 Å². The number of fused-ring (bicyclic) bond motifs is 1. The van der Waals surface area contributed by atoms with E-state index in [0.717, 1.165) is 17.7 Å². The average molecular weight is 439 g/mol. The summed E-state index contributed by atoms with van der Waals surface area (Å²) in [6, 6.07) is 8.52. The molecule has 2 aromatic carbocycles. The van der Waals surface area contributed by atoms with E-state index in [0.29, 0.717) is 52.5 Å². The number of alkyl halides is 3. The second-order valence-corrected chi connectivity index (χ2v) is 7.48. The molecule has 4 rings (SSSR count). The van der Waals surface area contributed by atoms with Gasteiger partial charge in [0, 0.05) is 19.2 Å². The average Bonchev–Trinajstić information content (AvgIpc) is 3.26. The van der Waals surface area contributed by atoms with E-state index in [-0.39, 0.29) is 6.79 Å². The van der Waals surface area contributed by atoms with Gasteiger partial charge in [-0.25, -0.2) is 4.98 Å². The standard InChI is InChI=1S/C21H18ClF3N2O3/c1-12-17(10-27(2)9-13-3-5-14(6-4-13)21(23,24)25)26-20(30-12)15-7-18-19(8-16(15)22)29-11-28-18/h3-8H,9-11H2,1-2H3. The largest absolute Gasteiger partial charge is 0.454 e. The van der Waals surface area contributed by atoms with Gasteiger partial charge >= 0.3 is 6.18 Å². The number of aryl methyl sites for hydroxylation is 1. The van der Waals surface area contributed by atoms with Crippen LogP contribution in [0.25, 0.3) is 11.5 Å². The molecule has 3 aromatic rings. The molecule has 0 amide bonds. The van der Waals surface area contributed by atoms with Gasteiger partial charge < -0.3 is 13.9 Å². The SMILES string of the molecule is Cc1oc(-c2cc3c(cc2Cl)OCO3)nc1CN(C)Cc1ccc(C(F)(F)F)cc1. The van der Waals surface area contributed by atoms with Crippen LogP contribution in [-0.2, 0) is 19.3 Å². The Labute approximate surface area is 176 Å². The Morgan fingerprint density at radius 2 is 1.73 bits per heavy atom. The number of benzene rings is 2. The first-order valence-electron chi connectivity index (χ1n) is 9.11. The van der Waals surface area contributed by atoms with Crippen LogP contribution in [0.1, 0.15) is 22.6 Å². The van der Waals surface area contributed by atoms with E-state index in [1.807, 2.05) is 11.9 Å². The molecule has 0 atom stereocenters. The van der Waals surface area contributed by atoms with E-state index in [1.165, 1.54) is 12.1 Å². The molecule has 0 unspecified atom stereocenters. The lowest BCUT2D eigenvalue weighted by molar-refractivity contribution is -0.137. The molecule has 0 radical (unpaired) electrons. The predicted octanol–water partition coefficient (Wildman–Crippen LogP) is 5.68. The highest BCUT2D eigenvalue weighted by atomic mass is 35.5. The molecule has 1 aromatic heterocycles. The maximum Gasteiger partial charge on any atom is 0.416 e. The molecule has 158 valence electrons. The van der Waals surface area contributed by atoms with Crippen LogP contribution in [0.15, 0.2) is 40.8 Å². The Hall–Kier alpha value is -2.71. The predicted molar refractivity (Wildman–Crippen MR) is 104 cm³/mol. The van der Waals surface area contributed by atoms with Crippen LogP contribution in [-0.4, -0.2) is 23.7 Å². The minimum absolute atomic E-state index is 0.139. The molecule has 0 bridgehead atoms. The van der Waals surface area contributed by atoms with E-state index >= 15 is 0 Å². The number of hydrogen-bond donors (Lipinski definition) is 0. The number of oxazole rings is 1. The van der Waals surface area contributed by atoms with Gasteiger partial charge in [-0.15, -0.1) is 0 Å². The highest BCUT2D eigenvalue weighted by Gasteiger charge is 2.30. The summed E-state index contributed by atoms with van der Waals surface area (Å²) in [4.78, 5) is 6.50. The Kier molecular flexibility index (Phi) is 5.38. The maximum absolute atomic E-state index is 12.7. The van der Waals surface area contributed by atoms with E-state index < -0.39 is 11.7 Å². The normalized spacial score (nSPS) is 13.3. The van der Waals surface area contributed by atoms with E-state index in [9.17, 15) is 13.2 Å². The number of halogens is 4. The summed E-state index contributed by atoms with van der Waals surface area (Å²) >= 11 is 6.34. The molecule has 0 saturated carbocycles. The highest BCUT2D eigenvalue weighted by Crippen LogP contribution is 2.41. The number of aromatic nitrogens is 1. The zero-order chi connectivity index (χ0) is 21.5. The molecule has 2 heterocycles. The van der Waals surface area contributed by atoms with Gasteiger partial charge in [-0.1, -0.05) is 23.7 Å². The first-order valence-corrected chi connectivity index (χ1v) is 9.49. The molecule has 0 N–H and O–H groups in total. The molecular formula is C21H18ClF3N2O3. The smallest absolute Gasteiger partial charge is 0.416 e. The fourth-order valence-electron chi connectivity index (χ4n) is 3.19. The maximum atomic E-state index is 12.7. The Balaban J connectivity index is 1.47. The molecule has 30 heavy (non-hydrogen) atoms. The molecule has 1 aliphatic rings. The van der Waals surface area contributed by atoms with Gasteiger partial charge in [0.15, 0.2) is 11.5 Å². The summed E-state index contributed by atoms with van der Waals surface area (Å²) in [5.74, 6) is 2.15. The molecule has 0 fully saturated rings. The molecular weight excluding hydrogens is 421 g/mol. The van der Waals surface area contributed by atoms with Gasteiger partial charge in [0.05, 0.1) is 21.8 Å². The third-order valence-corrected chi connectivity index (χ3v) is 5.05. The fourth-order valence-corrected chi connectivity index (χ4v) is 3.43. The molecule has 0 spiro atoms. The second kappa shape index (κ2) is 7.85. The third kappa shape index (κ3) is 4.24. The molecule has 1 aliphatic heterocycles. The monoisotopic (exact) mass is 438 g/mol. The Morgan fingerprint density at radius 3 is 2.40 bits per heavy atom. The Morgan fingerprint density at radius 1 is 1.07 bits per heavy atom. The lowest BCUT2D eigenvalue weighted by Crippen LogP contribution is -2.18. The van der Waals surface area contributed by atoms with Gasteiger partial charge in [-0.05, 0) is 37.7 Å². The lowest BCUT2D eigenvalue weighted by atomic mass is 10.1. The van der Waals surface area contributed by atoms with Crippen molar-refractivity contribution in [2.45, 2.75) is 26.2 Å². The van der Waals surface area contributed by atoms with Crippen molar-refractivity contribution in [1.29, 1.82) is 0 Å². The van der Waals surface area contributed by atoms with Gasteiger partial charge in [0.2, 0.25) is 12.7 Å². The van der Waals surface area contributed by atoms with E-state index in [4.69, 9.17) is 25.5 Å². The van der Waals surface area contributed by atoms with Gasteiger partial charge in [0.1, 0.15) is 5.76 Å².